The quantitative estimate of drug-likeness (QED) is 0.721. The Balaban J connectivity index is 2.68. The van der Waals surface area contributed by atoms with Gasteiger partial charge in [0.2, 0.25) is 0 Å². The third-order valence-corrected chi connectivity index (χ3v) is 1.57. The van der Waals surface area contributed by atoms with E-state index in [2.05, 4.69) is 4.98 Å². The maximum atomic E-state index is 12.4. The van der Waals surface area contributed by atoms with Gasteiger partial charge in [0.25, 0.3) is 0 Å². The summed E-state index contributed by atoms with van der Waals surface area (Å²) in [5.41, 5.74) is 5.35. The van der Waals surface area contributed by atoms with Crippen molar-refractivity contribution in [3.63, 3.8) is 0 Å². The molecule has 2 N–H and O–H groups in total. The van der Waals surface area contributed by atoms with Crippen LogP contribution < -0.4 is 10.6 Å². The molecule has 4 heteroatoms. The van der Waals surface area contributed by atoms with E-state index in [0.717, 1.165) is 12.4 Å². The van der Waals surface area contributed by atoms with E-state index in [1.807, 2.05) is 11.9 Å². The van der Waals surface area contributed by atoms with Crippen LogP contribution in [0, 0.1) is 5.82 Å². The summed E-state index contributed by atoms with van der Waals surface area (Å²) in [6, 6.07) is 3.01. The van der Waals surface area contributed by atoms with Gasteiger partial charge in [-0.3, -0.25) is 0 Å². The Morgan fingerprint density at radius 3 is 2.83 bits per heavy atom. The molecule has 0 aromatic carbocycles. The molecule has 0 bridgehead atoms. The number of halogens is 1. The molecule has 0 unspecified atom stereocenters. The zero-order valence-corrected chi connectivity index (χ0v) is 7.00. The van der Waals surface area contributed by atoms with Crippen LogP contribution in [0.5, 0.6) is 0 Å². The fraction of sp³-hybridized carbons (Fsp3) is 0.375. The maximum absolute atomic E-state index is 12.4. The molecule has 0 fully saturated rings. The van der Waals surface area contributed by atoms with Gasteiger partial charge >= 0.3 is 0 Å². The number of hydrogen-bond donors (Lipinski definition) is 1. The van der Waals surface area contributed by atoms with E-state index in [1.54, 1.807) is 6.07 Å². The lowest BCUT2D eigenvalue weighted by Gasteiger charge is -2.16. The van der Waals surface area contributed by atoms with Crippen LogP contribution in [0.25, 0.3) is 0 Å². The largest absolute Gasteiger partial charge is 0.358 e. The van der Waals surface area contributed by atoms with Crippen LogP contribution in [-0.2, 0) is 0 Å². The van der Waals surface area contributed by atoms with Gasteiger partial charge in [-0.1, -0.05) is 0 Å². The van der Waals surface area contributed by atoms with Crippen molar-refractivity contribution < 1.29 is 4.39 Å². The third kappa shape index (κ3) is 2.17. The van der Waals surface area contributed by atoms with Crippen molar-refractivity contribution in [3.05, 3.63) is 24.1 Å². The van der Waals surface area contributed by atoms with Gasteiger partial charge in [-0.25, -0.2) is 9.37 Å². The molecule has 0 aliphatic heterocycles. The lowest BCUT2D eigenvalue weighted by atomic mass is 10.4. The Hall–Kier alpha value is -1.16. The third-order valence-electron chi connectivity index (χ3n) is 1.57. The molecule has 0 aliphatic rings. The monoisotopic (exact) mass is 169 g/mol. The van der Waals surface area contributed by atoms with E-state index in [1.165, 1.54) is 12.3 Å². The number of nitrogens with zero attached hydrogens (tertiary/aromatic N) is 2. The minimum absolute atomic E-state index is 0.320. The highest BCUT2D eigenvalue weighted by atomic mass is 19.1. The average Bonchev–Trinajstić information content (AvgIpc) is 2.06. The zero-order chi connectivity index (χ0) is 8.97. The van der Waals surface area contributed by atoms with E-state index < -0.39 is 0 Å². The molecule has 1 rings (SSSR count). The Morgan fingerprint density at radius 2 is 2.33 bits per heavy atom. The second-order valence-corrected chi connectivity index (χ2v) is 2.54. The number of rotatable bonds is 3. The molecule has 3 nitrogen and oxygen atoms in total. The second kappa shape index (κ2) is 4.01. The predicted octanol–water partition coefficient (Wildman–Crippen LogP) is 0.616. The van der Waals surface area contributed by atoms with E-state index >= 15 is 0 Å². The van der Waals surface area contributed by atoms with Crippen LogP contribution in [0.3, 0.4) is 0 Å². The highest BCUT2D eigenvalue weighted by molar-refractivity contribution is 5.36. The molecular weight excluding hydrogens is 157 g/mol. The maximum Gasteiger partial charge on any atom is 0.141 e. The Labute approximate surface area is 71.0 Å². The van der Waals surface area contributed by atoms with Crippen molar-refractivity contribution in [1.29, 1.82) is 0 Å². The predicted molar refractivity (Wildman–Crippen MR) is 46.5 cm³/mol. The van der Waals surface area contributed by atoms with Gasteiger partial charge in [0.1, 0.15) is 11.6 Å². The standard InChI is InChI=1S/C8H12FN3/c1-12(5-4-10)8-3-2-7(9)6-11-8/h2-3,6H,4-5,10H2,1H3. The van der Waals surface area contributed by atoms with Gasteiger partial charge in [0, 0.05) is 20.1 Å². The first-order chi connectivity index (χ1) is 5.74. The molecule has 0 spiro atoms. The molecular formula is C8H12FN3. The Morgan fingerprint density at radius 1 is 1.58 bits per heavy atom. The summed E-state index contributed by atoms with van der Waals surface area (Å²) in [6.45, 7) is 1.29. The fourth-order valence-corrected chi connectivity index (χ4v) is 0.902. The normalized spacial score (nSPS) is 9.92. The van der Waals surface area contributed by atoms with Crippen LogP contribution in [0.15, 0.2) is 18.3 Å². The molecule has 0 atom stereocenters. The molecule has 0 radical (unpaired) electrons. The van der Waals surface area contributed by atoms with Gasteiger partial charge in [-0.15, -0.1) is 0 Å². The molecule has 1 heterocycles. The minimum Gasteiger partial charge on any atom is -0.358 e. The first-order valence-electron chi connectivity index (χ1n) is 3.77. The van der Waals surface area contributed by atoms with Gasteiger partial charge in [0.05, 0.1) is 6.20 Å². The molecule has 1 aromatic rings. The van der Waals surface area contributed by atoms with Crippen LogP contribution >= 0.6 is 0 Å². The van der Waals surface area contributed by atoms with Gasteiger partial charge < -0.3 is 10.6 Å². The first kappa shape index (κ1) is 8.93. The molecule has 0 saturated heterocycles. The van der Waals surface area contributed by atoms with Crippen LogP contribution in [-0.4, -0.2) is 25.1 Å². The number of pyridine rings is 1. The number of likely N-dealkylation sites (N-methyl/N-ethyl adjacent to an activating group) is 1. The first-order valence-corrected chi connectivity index (χ1v) is 3.77. The summed E-state index contributed by atoms with van der Waals surface area (Å²) in [4.78, 5) is 5.77. The van der Waals surface area contributed by atoms with Crippen molar-refractivity contribution in [2.24, 2.45) is 5.73 Å². The number of aromatic nitrogens is 1. The van der Waals surface area contributed by atoms with E-state index in [9.17, 15) is 4.39 Å². The SMILES string of the molecule is CN(CCN)c1ccc(F)cn1. The summed E-state index contributed by atoms with van der Waals surface area (Å²) in [5.74, 6) is 0.418. The molecule has 1 aromatic heterocycles. The number of hydrogen-bond acceptors (Lipinski definition) is 3. The van der Waals surface area contributed by atoms with Crippen molar-refractivity contribution in [1.82, 2.24) is 4.98 Å². The van der Waals surface area contributed by atoms with Crippen molar-refractivity contribution in [2.75, 3.05) is 25.0 Å². The lowest BCUT2D eigenvalue weighted by molar-refractivity contribution is 0.621. The lowest BCUT2D eigenvalue weighted by Crippen LogP contribution is -2.25. The van der Waals surface area contributed by atoms with Crippen LogP contribution in [0.4, 0.5) is 10.2 Å². The smallest absolute Gasteiger partial charge is 0.141 e. The number of anilines is 1. The highest BCUT2D eigenvalue weighted by Gasteiger charge is 1.99. The molecule has 0 aliphatic carbocycles. The number of nitrogens with two attached hydrogens (primary N) is 1. The van der Waals surface area contributed by atoms with E-state index in [0.29, 0.717) is 6.54 Å². The molecule has 0 saturated carbocycles. The van der Waals surface area contributed by atoms with E-state index in [4.69, 9.17) is 5.73 Å². The second-order valence-electron chi connectivity index (χ2n) is 2.54. The van der Waals surface area contributed by atoms with Gasteiger partial charge in [0.15, 0.2) is 0 Å². The summed E-state index contributed by atoms with van der Waals surface area (Å²) in [5, 5.41) is 0. The summed E-state index contributed by atoms with van der Waals surface area (Å²) < 4.78 is 12.4. The van der Waals surface area contributed by atoms with Crippen LogP contribution in [0.2, 0.25) is 0 Å². The van der Waals surface area contributed by atoms with Crippen molar-refractivity contribution >= 4 is 5.82 Å². The fourth-order valence-electron chi connectivity index (χ4n) is 0.902. The summed E-state index contributed by atoms with van der Waals surface area (Å²) in [6.07, 6.45) is 1.20. The summed E-state index contributed by atoms with van der Waals surface area (Å²) in [7, 11) is 1.87. The average molecular weight is 169 g/mol. The molecule has 0 amide bonds. The van der Waals surface area contributed by atoms with E-state index in [-0.39, 0.29) is 5.82 Å². The van der Waals surface area contributed by atoms with Gasteiger partial charge in [-0.2, -0.15) is 0 Å². The Bertz CT molecular complexity index is 235. The van der Waals surface area contributed by atoms with Crippen molar-refractivity contribution in [2.45, 2.75) is 0 Å². The van der Waals surface area contributed by atoms with Gasteiger partial charge in [-0.05, 0) is 12.1 Å². The van der Waals surface area contributed by atoms with Crippen molar-refractivity contribution in [3.8, 4) is 0 Å². The highest BCUT2D eigenvalue weighted by Crippen LogP contribution is 2.07. The molecule has 12 heavy (non-hydrogen) atoms. The Kier molecular flexibility index (Phi) is 2.99. The zero-order valence-electron chi connectivity index (χ0n) is 7.00. The topological polar surface area (TPSA) is 42.1 Å². The summed E-state index contributed by atoms with van der Waals surface area (Å²) >= 11 is 0. The molecule has 66 valence electrons. The minimum atomic E-state index is -0.320. The van der Waals surface area contributed by atoms with Crippen LogP contribution in [0.1, 0.15) is 0 Å².